The average Bonchev–Trinajstić information content (AvgIpc) is 2.14. The minimum Gasteiger partial charge on any atom is -0.257 e. The number of allylic oxidation sites excluding steroid dienone is 2. The zero-order valence-corrected chi connectivity index (χ0v) is 6.60. The summed E-state index contributed by atoms with van der Waals surface area (Å²) in [4.78, 5) is 13.9. The standard InChI is InChI=1S/C10H9NO/c12-9-5-1-2-6-10-7-3-4-8-11-10/h2-8H,1H2. The van der Waals surface area contributed by atoms with Crippen LogP contribution in [-0.2, 0) is 4.79 Å². The van der Waals surface area contributed by atoms with Crippen molar-refractivity contribution < 1.29 is 4.79 Å². The maximum absolute atomic E-state index is 9.79. The Morgan fingerprint density at radius 3 is 3.08 bits per heavy atom. The van der Waals surface area contributed by atoms with Crippen LogP contribution in [0.4, 0.5) is 0 Å². The van der Waals surface area contributed by atoms with Crippen LogP contribution in [0.5, 0.6) is 0 Å². The Balaban J connectivity index is 2.52. The van der Waals surface area contributed by atoms with E-state index in [4.69, 9.17) is 0 Å². The van der Waals surface area contributed by atoms with Crippen molar-refractivity contribution in [2.45, 2.75) is 6.42 Å². The average molecular weight is 159 g/mol. The molecule has 1 rings (SSSR count). The first-order valence-corrected chi connectivity index (χ1v) is 3.70. The van der Waals surface area contributed by atoms with Crippen LogP contribution in [0.1, 0.15) is 12.1 Å². The minimum atomic E-state index is 0.611. The van der Waals surface area contributed by atoms with Crippen molar-refractivity contribution >= 4 is 12.0 Å². The van der Waals surface area contributed by atoms with Crippen molar-refractivity contribution in [3.8, 4) is 0 Å². The molecule has 0 aliphatic heterocycles. The summed E-state index contributed by atoms with van der Waals surface area (Å²) in [5.41, 5.74) is 0.900. The first-order chi connectivity index (χ1) is 5.93. The van der Waals surface area contributed by atoms with E-state index in [0.717, 1.165) is 5.69 Å². The van der Waals surface area contributed by atoms with Crippen LogP contribution in [0.25, 0.3) is 6.08 Å². The minimum absolute atomic E-state index is 0.611. The highest BCUT2D eigenvalue weighted by molar-refractivity contribution is 5.48. The van der Waals surface area contributed by atoms with E-state index < -0.39 is 0 Å². The van der Waals surface area contributed by atoms with Gasteiger partial charge in [-0.2, -0.15) is 0 Å². The lowest BCUT2D eigenvalue weighted by atomic mass is 10.3. The van der Waals surface area contributed by atoms with Gasteiger partial charge in [-0.15, -0.1) is 0 Å². The fourth-order valence-electron chi connectivity index (χ4n) is 0.779. The molecule has 12 heavy (non-hydrogen) atoms. The summed E-state index contributed by atoms with van der Waals surface area (Å²) in [6, 6.07) is 5.69. The second-order valence-corrected chi connectivity index (χ2v) is 2.21. The van der Waals surface area contributed by atoms with E-state index in [2.05, 4.69) is 4.98 Å². The van der Waals surface area contributed by atoms with Crippen molar-refractivity contribution in [3.63, 3.8) is 0 Å². The molecule has 0 N–H and O–H groups in total. The van der Waals surface area contributed by atoms with E-state index in [1.807, 2.05) is 30.4 Å². The lowest BCUT2D eigenvalue weighted by Gasteiger charge is -1.87. The third-order valence-electron chi connectivity index (χ3n) is 1.31. The lowest BCUT2D eigenvalue weighted by molar-refractivity contribution is 0.568. The largest absolute Gasteiger partial charge is 0.257 e. The number of rotatable bonds is 3. The molecule has 2 nitrogen and oxygen atoms in total. The van der Waals surface area contributed by atoms with Crippen molar-refractivity contribution in [2.75, 3.05) is 0 Å². The van der Waals surface area contributed by atoms with Gasteiger partial charge in [0.15, 0.2) is 0 Å². The van der Waals surface area contributed by atoms with Crippen molar-refractivity contribution in [1.82, 2.24) is 4.98 Å². The summed E-state index contributed by atoms with van der Waals surface area (Å²) in [6.07, 6.45) is 7.51. The summed E-state index contributed by atoms with van der Waals surface area (Å²) in [6.45, 7) is 0. The van der Waals surface area contributed by atoms with Gasteiger partial charge in [0, 0.05) is 12.3 Å². The molecular formula is C10H9NO. The van der Waals surface area contributed by atoms with Crippen LogP contribution in [0.2, 0.25) is 0 Å². The van der Waals surface area contributed by atoms with Gasteiger partial charge in [-0.05, 0) is 24.6 Å². The molecule has 0 unspecified atom stereocenters. The van der Waals surface area contributed by atoms with Crippen molar-refractivity contribution in [1.29, 1.82) is 0 Å². The summed E-state index contributed by atoms with van der Waals surface area (Å²) < 4.78 is 0. The molecule has 0 saturated heterocycles. The quantitative estimate of drug-likeness (QED) is 0.630. The molecule has 0 aromatic carbocycles. The second-order valence-electron chi connectivity index (χ2n) is 2.21. The number of pyridine rings is 1. The summed E-state index contributed by atoms with van der Waals surface area (Å²) >= 11 is 0. The molecule has 0 saturated carbocycles. The van der Waals surface area contributed by atoms with Crippen LogP contribution in [-0.4, -0.2) is 10.9 Å². The predicted molar refractivity (Wildman–Crippen MR) is 48.2 cm³/mol. The van der Waals surface area contributed by atoms with Gasteiger partial charge in [-0.3, -0.25) is 4.98 Å². The second kappa shape index (κ2) is 5.05. The van der Waals surface area contributed by atoms with Crippen LogP contribution < -0.4 is 0 Å². The first-order valence-electron chi connectivity index (χ1n) is 3.70. The van der Waals surface area contributed by atoms with Crippen LogP contribution in [0.3, 0.4) is 0 Å². The lowest BCUT2D eigenvalue weighted by Crippen LogP contribution is -1.75. The Morgan fingerprint density at radius 2 is 2.42 bits per heavy atom. The van der Waals surface area contributed by atoms with Crippen LogP contribution in [0, 0.1) is 0 Å². The zero-order valence-electron chi connectivity index (χ0n) is 6.60. The Kier molecular flexibility index (Phi) is 3.55. The smallest absolute Gasteiger partial charge is 0.120 e. The fraction of sp³-hybridized carbons (Fsp3) is 0.100. The highest BCUT2D eigenvalue weighted by Gasteiger charge is 1.81. The molecule has 1 aromatic heterocycles. The molecule has 0 amide bonds. The number of nitrogens with zero attached hydrogens (tertiary/aromatic N) is 1. The fourth-order valence-corrected chi connectivity index (χ4v) is 0.779. The predicted octanol–water partition coefficient (Wildman–Crippen LogP) is 1.87. The summed E-state index contributed by atoms with van der Waals surface area (Å²) in [7, 11) is 0. The molecule has 2 heteroatoms. The molecule has 1 heterocycles. The summed E-state index contributed by atoms with van der Waals surface area (Å²) in [5, 5.41) is 0. The van der Waals surface area contributed by atoms with Gasteiger partial charge >= 0.3 is 0 Å². The normalized spacial score (nSPS) is 9.67. The maximum Gasteiger partial charge on any atom is 0.120 e. The first kappa shape index (κ1) is 8.44. The molecular weight excluding hydrogens is 150 g/mol. The molecule has 0 aliphatic carbocycles. The molecule has 0 spiro atoms. The Morgan fingerprint density at radius 1 is 1.50 bits per heavy atom. The van der Waals surface area contributed by atoms with Gasteiger partial charge in [-0.1, -0.05) is 12.1 Å². The topological polar surface area (TPSA) is 30.0 Å². The van der Waals surface area contributed by atoms with E-state index in [9.17, 15) is 4.79 Å². The summed E-state index contributed by atoms with van der Waals surface area (Å²) in [5.74, 6) is 1.71. The van der Waals surface area contributed by atoms with Crippen LogP contribution in [0.15, 0.2) is 36.5 Å². The number of hydrogen-bond acceptors (Lipinski definition) is 2. The Bertz CT molecular complexity index is 297. The molecule has 60 valence electrons. The SMILES string of the molecule is O=C=CCC=Cc1ccccn1. The van der Waals surface area contributed by atoms with Gasteiger partial charge in [0.25, 0.3) is 0 Å². The highest BCUT2D eigenvalue weighted by Crippen LogP contribution is 1.97. The van der Waals surface area contributed by atoms with E-state index in [-0.39, 0.29) is 0 Å². The van der Waals surface area contributed by atoms with Gasteiger partial charge in [0.1, 0.15) is 5.94 Å². The molecule has 0 bridgehead atoms. The molecule has 0 atom stereocenters. The Labute approximate surface area is 71.3 Å². The van der Waals surface area contributed by atoms with E-state index in [1.54, 1.807) is 12.1 Å². The number of hydrogen-bond donors (Lipinski definition) is 0. The van der Waals surface area contributed by atoms with Gasteiger partial charge < -0.3 is 0 Å². The zero-order chi connectivity index (χ0) is 8.65. The monoisotopic (exact) mass is 159 g/mol. The van der Waals surface area contributed by atoms with Gasteiger partial charge in [0.05, 0.1) is 5.69 Å². The van der Waals surface area contributed by atoms with E-state index in [1.165, 1.54) is 6.08 Å². The van der Waals surface area contributed by atoms with Gasteiger partial charge in [-0.25, -0.2) is 4.79 Å². The molecule has 1 aromatic rings. The van der Waals surface area contributed by atoms with E-state index in [0.29, 0.717) is 6.42 Å². The van der Waals surface area contributed by atoms with Crippen LogP contribution >= 0.6 is 0 Å². The molecule has 0 radical (unpaired) electrons. The number of carbonyl (C=O) groups excluding carboxylic acids is 1. The molecule has 0 fully saturated rings. The number of aromatic nitrogens is 1. The third kappa shape index (κ3) is 2.95. The van der Waals surface area contributed by atoms with Gasteiger partial charge in [0.2, 0.25) is 0 Å². The van der Waals surface area contributed by atoms with Crippen molar-refractivity contribution in [2.24, 2.45) is 0 Å². The highest BCUT2D eigenvalue weighted by atomic mass is 16.1. The van der Waals surface area contributed by atoms with Crippen molar-refractivity contribution in [3.05, 3.63) is 42.2 Å². The van der Waals surface area contributed by atoms with E-state index >= 15 is 0 Å². The third-order valence-corrected chi connectivity index (χ3v) is 1.31. The maximum atomic E-state index is 9.79. The molecule has 0 aliphatic rings. The Hall–Kier alpha value is -1.66.